The molecule has 1 atom stereocenters. The van der Waals surface area contributed by atoms with Gasteiger partial charge in [-0.05, 0) is 12.5 Å². The number of aliphatic hydroxyl groups excluding tert-OH is 1. The molecule has 1 rings (SSSR count). The van der Waals surface area contributed by atoms with E-state index in [1.165, 1.54) is 19.2 Å². The lowest BCUT2D eigenvalue weighted by atomic mass is 10.1. The standard InChI is InChI=1S/C11H13FO2/c1-3-5-9(13)8-6-4-7-10(14-2)11(8)12/h3-4,6-7,9,13H,1,5H2,2H3. The third-order valence-electron chi connectivity index (χ3n) is 1.96. The highest BCUT2D eigenvalue weighted by Gasteiger charge is 2.14. The minimum Gasteiger partial charge on any atom is -0.494 e. The Balaban J connectivity index is 3.02. The van der Waals surface area contributed by atoms with Gasteiger partial charge in [0.15, 0.2) is 11.6 Å². The number of hydrogen-bond acceptors (Lipinski definition) is 2. The van der Waals surface area contributed by atoms with Crippen molar-refractivity contribution in [3.63, 3.8) is 0 Å². The molecule has 0 bridgehead atoms. The smallest absolute Gasteiger partial charge is 0.170 e. The highest BCUT2D eigenvalue weighted by Crippen LogP contribution is 2.26. The zero-order chi connectivity index (χ0) is 10.6. The Morgan fingerprint density at radius 1 is 1.64 bits per heavy atom. The van der Waals surface area contributed by atoms with E-state index in [0.717, 1.165) is 0 Å². The van der Waals surface area contributed by atoms with Crippen molar-refractivity contribution in [2.75, 3.05) is 7.11 Å². The van der Waals surface area contributed by atoms with Gasteiger partial charge in [0.1, 0.15) is 0 Å². The van der Waals surface area contributed by atoms with Crippen LogP contribution in [0.4, 0.5) is 4.39 Å². The van der Waals surface area contributed by atoms with Crippen molar-refractivity contribution in [2.45, 2.75) is 12.5 Å². The van der Waals surface area contributed by atoms with Crippen LogP contribution in [0.25, 0.3) is 0 Å². The summed E-state index contributed by atoms with van der Waals surface area (Å²) < 4.78 is 18.3. The van der Waals surface area contributed by atoms with Gasteiger partial charge in [0.25, 0.3) is 0 Å². The Labute approximate surface area is 82.6 Å². The van der Waals surface area contributed by atoms with Crippen LogP contribution in [0.5, 0.6) is 5.75 Å². The van der Waals surface area contributed by atoms with Gasteiger partial charge in [-0.3, -0.25) is 0 Å². The summed E-state index contributed by atoms with van der Waals surface area (Å²) in [6.45, 7) is 3.48. The number of methoxy groups -OCH3 is 1. The molecular weight excluding hydrogens is 183 g/mol. The molecule has 0 aliphatic carbocycles. The molecule has 0 amide bonds. The second-order valence-corrected chi connectivity index (χ2v) is 2.90. The normalized spacial score (nSPS) is 12.2. The first-order chi connectivity index (χ1) is 6.70. The zero-order valence-electron chi connectivity index (χ0n) is 8.03. The van der Waals surface area contributed by atoms with Crippen LogP contribution in [0.1, 0.15) is 18.1 Å². The summed E-state index contributed by atoms with van der Waals surface area (Å²) in [7, 11) is 1.39. The molecule has 0 spiro atoms. The lowest BCUT2D eigenvalue weighted by Crippen LogP contribution is -2.01. The third kappa shape index (κ3) is 2.12. The minimum absolute atomic E-state index is 0.144. The average molecular weight is 196 g/mol. The number of ether oxygens (including phenoxy) is 1. The van der Waals surface area contributed by atoms with E-state index in [1.807, 2.05) is 0 Å². The first-order valence-corrected chi connectivity index (χ1v) is 4.32. The van der Waals surface area contributed by atoms with Crippen LogP contribution in [0.2, 0.25) is 0 Å². The summed E-state index contributed by atoms with van der Waals surface area (Å²) in [6, 6.07) is 4.69. The van der Waals surface area contributed by atoms with Crippen LogP contribution < -0.4 is 4.74 Å². The van der Waals surface area contributed by atoms with E-state index >= 15 is 0 Å². The molecule has 0 aliphatic rings. The van der Waals surface area contributed by atoms with Gasteiger partial charge in [-0.25, -0.2) is 4.39 Å². The summed E-state index contributed by atoms with van der Waals surface area (Å²) >= 11 is 0. The van der Waals surface area contributed by atoms with Crippen LogP contribution in [0, 0.1) is 5.82 Å². The molecule has 0 saturated carbocycles. The summed E-state index contributed by atoms with van der Waals surface area (Å²) in [4.78, 5) is 0. The van der Waals surface area contributed by atoms with Crippen molar-refractivity contribution >= 4 is 0 Å². The van der Waals surface area contributed by atoms with Gasteiger partial charge < -0.3 is 9.84 Å². The monoisotopic (exact) mass is 196 g/mol. The first-order valence-electron chi connectivity index (χ1n) is 4.32. The number of rotatable bonds is 4. The molecule has 1 aromatic carbocycles. The van der Waals surface area contributed by atoms with E-state index < -0.39 is 11.9 Å². The lowest BCUT2D eigenvalue weighted by Gasteiger charge is -2.11. The Hall–Kier alpha value is -1.35. The summed E-state index contributed by atoms with van der Waals surface area (Å²) in [5.41, 5.74) is 0.240. The average Bonchev–Trinajstić information content (AvgIpc) is 2.18. The van der Waals surface area contributed by atoms with E-state index in [2.05, 4.69) is 6.58 Å². The van der Waals surface area contributed by atoms with Crippen LogP contribution >= 0.6 is 0 Å². The van der Waals surface area contributed by atoms with Crippen LogP contribution in [-0.4, -0.2) is 12.2 Å². The molecular formula is C11H13FO2. The SMILES string of the molecule is C=CCC(O)c1cccc(OC)c1F. The Morgan fingerprint density at radius 2 is 2.36 bits per heavy atom. The third-order valence-corrected chi connectivity index (χ3v) is 1.96. The topological polar surface area (TPSA) is 29.5 Å². The minimum atomic E-state index is -0.859. The maximum Gasteiger partial charge on any atom is 0.170 e. The summed E-state index contributed by atoms with van der Waals surface area (Å²) in [5.74, 6) is -0.366. The van der Waals surface area contributed by atoms with E-state index in [1.54, 1.807) is 12.1 Å². The molecule has 1 aromatic rings. The molecule has 0 radical (unpaired) electrons. The van der Waals surface area contributed by atoms with Crippen LogP contribution in [-0.2, 0) is 0 Å². The fourth-order valence-corrected chi connectivity index (χ4v) is 1.23. The van der Waals surface area contributed by atoms with Crippen LogP contribution in [0.3, 0.4) is 0 Å². The van der Waals surface area contributed by atoms with Gasteiger partial charge in [0.05, 0.1) is 13.2 Å². The van der Waals surface area contributed by atoms with Crippen molar-refractivity contribution in [2.24, 2.45) is 0 Å². The van der Waals surface area contributed by atoms with Crippen molar-refractivity contribution in [3.05, 3.63) is 42.2 Å². The lowest BCUT2D eigenvalue weighted by molar-refractivity contribution is 0.175. The summed E-state index contributed by atoms with van der Waals surface area (Å²) in [6.07, 6.45) is 1.01. The van der Waals surface area contributed by atoms with Crippen molar-refractivity contribution in [3.8, 4) is 5.75 Å². The van der Waals surface area contributed by atoms with E-state index in [0.29, 0.717) is 6.42 Å². The fourth-order valence-electron chi connectivity index (χ4n) is 1.23. The first kappa shape index (κ1) is 10.7. The maximum atomic E-state index is 13.5. The number of hydrogen-bond donors (Lipinski definition) is 1. The molecule has 76 valence electrons. The molecule has 3 heteroatoms. The van der Waals surface area contributed by atoms with Gasteiger partial charge >= 0.3 is 0 Å². The number of halogens is 1. The molecule has 0 aliphatic heterocycles. The second kappa shape index (κ2) is 4.77. The number of benzene rings is 1. The van der Waals surface area contributed by atoms with Gasteiger partial charge in [-0.15, -0.1) is 6.58 Å². The van der Waals surface area contributed by atoms with Crippen molar-refractivity contribution in [1.29, 1.82) is 0 Å². The van der Waals surface area contributed by atoms with Gasteiger partial charge in [-0.2, -0.15) is 0 Å². The van der Waals surface area contributed by atoms with Gasteiger partial charge in [0.2, 0.25) is 0 Å². The molecule has 0 fully saturated rings. The highest BCUT2D eigenvalue weighted by atomic mass is 19.1. The molecule has 0 saturated heterocycles. The Bertz CT molecular complexity index is 323. The fraction of sp³-hybridized carbons (Fsp3) is 0.273. The van der Waals surface area contributed by atoms with E-state index in [-0.39, 0.29) is 11.3 Å². The van der Waals surface area contributed by atoms with E-state index in [4.69, 9.17) is 4.74 Å². The van der Waals surface area contributed by atoms with Crippen molar-refractivity contribution < 1.29 is 14.2 Å². The summed E-state index contributed by atoms with van der Waals surface area (Å²) in [5, 5.41) is 9.55. The van der Waals surface area contributed by atoms with Crippen LogP contribution in [0.15, 0.2) is 30.9 Å². The molecule has 0 heterocycles. The largest absolute Gasteiger partial charge is 0.494 e. The second-order valence-electron chi connectivity index (χ2n) is 2.90. The van der Waals surface area contributed by atoms with Gasteiger partial charge in [-0.1, -0.05) is 18.2 Å². The molecule has 1 unspecified atom stereocenters. The maximum absolute atomic E-state index is 13.5. The molecule has 14 heavy (non-hydrogen) atoms. The van der Waals surface area contributed by atoms with E-state index in [9.17, 15) is 9.50 Å². The molecule has 0 aromatic heterocycles. The van der Waals surface area contributed by atoms with Gasteiger partial charge in [0, 0.05) is 5.56 Å². The predicted octanol–water partition coefficient (Wildman–Crippen LogP) is 2.44. The zero-order valence-corrected chi connectivity index (χ0v) is 8.03. The number of aliphatic hydroxyl groups is 1. The van der Waals surface area contributed by atoms with Crippen molar-refractivity contribution in [1.82, 2.24) is 0 Å². The molecule has 2 nitrogen and oxygen atoms in total. The Kier molecular flexibility index (Phi) is 3.65. The highest BCUT2D eigenvalue weighted by molar-refractivity contribution is 5.32. The predicted molar refractivity (Wildman–Crippen MR) is 52.7 cm³/mol. The molecule has 1 N–H and O–H groups in total. The quantitative estimate of drug-likeness (QED) is 0.749. The Morgan fingerprint density at radius 3 is 2.93 bits per heavy atom.